The van der Waals surface area contributed by atoms with Crippen LogP contribution >= 0.6 is 0 Å². The quantitative estimate of drug-likeness (QED) is 0.851. The number of nitrogens with zero attached hydrogens (tertiary/aromatic N) is 2. The second kappa shape index (κ2) is 7.70. The van der Waals surface area contributed by atoms with Gasteiger partial charge in [-0.25, -0.2) is 9.59 Å². The van der Waals surface area contributed by atoms with Gasteiger partial charge in [0.2, 0.25) is 0 Å². The van der Waals surface area contributed by atoms with Gasteiger partial charge in [0.15, 0.2) is 0 Å². The number of rotatable bonds is 2. The summed E-state index contributed by atoms with van der Waals surface area (Å²) < 4.78 is 5.01. The zero-order valence-corrected chi connectivity index (χ0v) is 14.0. The van der Waals surface area contributed by atoms with Crippen molar-refractivity contribution in [3.05, 3.63) is 0 Å². The minimum Gasteiger partial charge on any atom is -0.450 e. The highest BCUT2D eigenvalue weighted by Gasteiger charge is 2.29. The number of nitrogens with one attached hydrogen (secondary N) is 1. The lowest BCUT2D eigenvalue weighted by Crippen LogP contribution is -2.53. The molecule has 1 N–H and O–H groups in total. The molecule has 6 nitrogen and oxygen atoms in total. The summed E-state index contributed by atoms with van der Waals surface area (Å²) in [4.78, 5) is 27.7. The molecule has 2 heterocycles. The van der Waals surface area contributed by atoms with Crippen molar-refractivity contribution in [3.63, 3.8) is 0 Å². The van der Waals surface area contributed by atoms with Gasteiger partial charge in [-0.15, -0.1) is 0 Å². The normalized spacial score (nSPS) is 26.7. The molecule has 2 rings (SSSR count). The van der Waals surface area contributed by atoms with E-state index in [1.807, 2.05) is 11.8 Å². The van der Waals surface area contributed by atoms with E-state index < -0.39 is 0 Å². The molecular formula is C16H29N3O3. The average Bonchev–Trinajstić information content (AvgIpc) is 2.47. The minimum absolute atomic E-state index is 0.0491. The van der Waals surface area contributed by atoms with Crippen molar-refractivity contribution in [2.45, 2.75) is 46.1 Å². The number of amides is 3. The smallest absolute Gasteiger partial charge is 0.409 e. The zero-order valence-electron chi connectivity index (χ0n) is 14.0. The Balaban J connectivity index is 1.76. The molecule has 2 saturated heterocycles. The first-order chi connectivity index (χ1) is 10.5. The van der Waals surface area contributed by atoms with Gasteiger partial charge in [0.25, 0.3) is 0 Å². The highest BCUT2D eigenvalue weighted by molar-refractivity contribution is 5.74. The Labute approximate surface area is 133 Å². The van der Waals surface area contributed by atoms with Crippen LogP contribution in [0.5, 0.6) is 0 Å². The van der Waals surface area contributed by atoms with Crippen LogP contribution < -0.4 is 5.32 Å². The Morgan fingerprint density at radius 2 is 1.68 bits per heavy atom. The van der Waals surface area contributed by atoms with E-state index in [-0.39, 0.29) is 18.2 Å². The molecule has 22 heavy (non-hydrogen) atoms. The summed E-state index contributed by atoms with van der Waals surface area (Å²) in [5.74, 6) is 1.14. The summed E-state index contributed by atoms with van der Waals surface area (Å²) in [6.45, 7) is 9.61. The van der Waals surface area contributed by atoms with E-state index in [0.717, 1.165) is 25.9 Å². The molecule has 2 fully saturated rings. The van der Waals surface area contributed by atoms with Crippen LogP contribution in [0.1, 0.15) is 40.0 Å². The topological polar surface area (TPSA) is 61.9 Å². The number of urea groups is 1. The fourth-order valence-corrected chi connectivity index (χ4v) is 3.52. The van der Waals surface area contributed by atoms with Crippen molar-refractivity contribution in [3.8, 4) is 0 Å². The number of ether oxygens (including phenoxy) is 1. The maximum Gasteiger partial charge on any atom is 0.409 e. The van der Waals surface area contributed by atoms with E-state index in [4.69, 9.17) is 4.74 Å². The van der Waals surface area contributed by atoms with Crippen LogP contribution in [0, 0.1) is 11.8 Å². The number of piperidine rings is 2. The number of hydrogen-bond acceptors (Lipinski definition) is 3. The fraction of sp³-hybridized carbons (Fsp3) is 0.875. The molecule has 0 radical (unpaired) electrons. The molecule has 0 aromatic carbocycles. The largest absolute Gasteiger partial charge is 0.450 e. The van der Waals surface area contributed by atoms with Gasteiger partial charge in [0.1, 0.15) is 0 Å². The molecule has 0 spiro atoms. The average molecular weight is 311 g/mol. The molecule has 0 bridgehead atoms. The lowest BCUT2D eigenvalue weighted by atomic mass is 9.92. The van der Waals surface area contributed by atoms with Gasteiger partial charge in [-0.2, -0.15) is 0 Å². The molecule has 0 aliphatic carbocycles. The first-order valence-electron chi connectivity index (χ1n) is 8.46. The highest BCUT2D eigenvalue weighted by Crippen LogP contribution is 2.21. The second-order valence-corrected chi connectivity index (χ2v) is 6.76. The van der Waals surface area contributed by atoms with Gasteiger partial charge in [0, 0.05) is 32.2 Å². The number of carbonyl (C=O) groups excluding carboxylic acids is 2. The molecule has 2 atom stereocenters. The Morgan fingerprint density at radius 3 is 2.23 bits per heavy atom. The van der Waals surface area contributed by atoms with E-state index in [2.05, 4.69) is 19.2 Å². The number of likely N-dealkylation sites (tertiary alicyclic amines) is 2. The van der Waals surface area contributed by atoms with Crippen molar-refractivity contribution < 1.29 is 14.3 Å². The third kappa shape index (κ3) is 4.52. The molecule has 126 valence electrons. The summed E-state index contributed by atoms with van der Waals surface area (Å²) in [6.07, 6.45) is 2.54. The van der Waals surface area contributed by atoms with Gasteiger partial charge in [-0.3, -0.25) is 0 Å². The predicted molar refractivity (Wildman–Crippen MR) is 84.7 cm³/mol. The number of carbonyl (C=O) groups is 2. The maximum atomic E-state index is 12.4. The van der Waals surface area contributed by atoms with E-state index in [1.54, 1.807) is 4.90 Å². The van der Waals surface area contributed by atoms with Gasteiger partial charge < -0.3 is 19.9 Å². The SMILES string of the molecule is CCOC(=O)N1CCC(NC(=O)N2CC(C)CC(C)C2)CC1. The van der Waals surface area contributed by atoms with Crippen LogP contribution in [-0.2, 0) is 4.74 Å². The fourth-order valence-electron chi connectivity index (χ4n) is 3.52. The standard InChI is InChI=1S/C16H29N3O3/c1-4-22-16(21)18-7-5-14(6-8-18)17-15(20)19-10-12(2)9-13(3)11-19/h12-14H,4-11H2,1-3H3,(H,17,20). The summed E-state index contributed by atoms with van der Waals surface area (Å²) in [6, 6.07) is 0.207. The first-order valence-corrected chi connectivity index (χ1v) is 8.46. The van der Waals surface area contributed by atoms with E-state index in [0.29, 0.717) is 31.5 Å². The van der Waals surface area contributed by atoms with Crippen LogP contribution in [0.2, 0.25) is 0 Å². The molecule has 0 saturated carbocycles. The van der Waals surface area contributed by atoms with Crippen LogP contribution in [0.4, 0.5) is 9.59 Å². The molecule has 2 unspecified atom stereocenters. The van der Waals surface area contributed by atoms with Crippen molar-refractivity contribution in [2.75, 3.05) is 32.8 Å². The second-order valence-electron chi connectivity index (χ2n) is 6.76. The lowest BCUT2D eigenvalue weighted by Gasteiger charge is -2.37. The van der Waals surface area contributed by atoms with E-state index >= 15 is 0 Å². The van der Waals surface area contributed by atoms with Gasteiger partial charge in [-0.05, 0) is 38.0 Å². The Morgan fingerprint density at radius 1 is 1.09 bits per heavy atom. The third-order valence-electron chi connectivity index (χ3n) is 4.50. The third-order valence-corrected chi connectivity index (χ3v) is 4.50. The Hall–Kier alpha value is -1.46. The zero-order chi connectivity index (χ0) is 16.1. The first kappa shape index (κ1) is 16.9. The molecule has 0 aromatic rings. The van der Waals surface area contributed by atoms with E-state index in [1.165, 1.54) is 6.42 Å². The molecule has 2 aliphatic heterocycles. The number of hydrogen-bond donors (Lipinski definition) is 1. The molecular weight excluding hydrogens is 282 g/mol. The van der Waals surface area contributed by atoms with Gasteiger partial charge in [0.05, 0.1) is 6.61 Å². The molecule has 3 amide bonds. The molecule has 2 aliphatic rings. The van der Waals surface area contributed by atoms with Crippen LogP contribution in [0.3, 0.4) is 0 Å². The molecule has 0 aromatic heterocycles. The Kier molecular flexibility index (Phi) is 5.91. The van der Waals surface area contributed by atoms with Crippen LogP contribution in [0.15, 0.2) is 0 Å². The van der Waals surface area contributed by atoms with Crippen LogP contribution in [0.25, 0.3) is 0 Å². The summed E-state index contributed by atoms with van der Waals surface area (Å²) in [5, 5.41) is 3.13. The van der Waals surface area contributed by atoms with Gasteiger partial charge in [-0.1, -0.05) is 13.8 Å². The van der Waals surface area contributed by atoms with Crippen molar-refractivity contribution in [1.29, 1.82) is 0 Å². The predicted octanol–water partition coefficient (Wildman–Crippen LogP) is 2.29. The highest BCUT2D eigenvalue weighted by atomic mass is 16.6. The van der Waals surface area contributed by atoms with Crippen molar-refractivity contribution in [1.82, 2.24) is 15.1 Å². The summed E-state index contributed by atoms with van der Waals surface area (Å²) >= 11 is 0. The monoisotopic (exact) mass is 311 g/mol. The van der Waals surface area contributed by atoms with E-state index in [9.17, 15) is 9.59 Å². The summed E-state index contributed by atoms with van der Waals surface area (Å²) in [7, 11) is 0. The summed E-state index contributed by atoms with van der Waals surface area (Å²) in [5.41, 5.74) is 0. The molecule has 6 heteroatoms. The Bertz CT molecular complexity index is 384. The van der Waals surface area contributed by atoms with Crippen LogP contribution in [-0.4, -0.2) is 60.8 Å². The van der Waals surface area contributed by atoms with Gasteiger partial charge >= 0.3 is 12.1 Å². The lowest BCUT2D eigenvalue weighted by molar-refractivity contribution is 0.0940. The van der Waals surface area contributed by atoms with Crippen molar-refractivity contribution >= 4 is 12.1 Å². The van der Waals surface area contributed by atoms with Crippen molar-refractivity contribution in [2.24, 2.45) is 11.8 Å². The minimum atomic E-state index is -0.244. The maximum absolute atomic E-state index is 12.4.